The van der Waals surface area contributed by atoms with E-state index in [0.717, 1.165) is 0 Å². The Morgan fingerprint density at radius 3 is 2.83 bits per heavy atom. The van der Waals surface area contributed by atoms with Crippen molar-refractivity contribution >= 4 is 16.9 Å². The van der Waals surface area contributed by atoms with E-state index in [1.165, 1.54) is 0 Å². The number of carbonyl (C=O) groups excluding carboxylic acids is 1. The van der Waals surface area contributed by atoms with Crippen LogP contribution in [0.3, 0.4) is 0 Å². The summed E-state index contributed by atoms with van der Waals surface area (Å²) in [5, 5.41) is 0.538. The third-order valence-corrected chi connectivity index (χ3v) is 3.38. The van der Waals surface area contributed by atoms with Gasteiger partial charge in [-0.25, -0.2) is 9.78 Å². The van der Waals surface area contributed by atoms with Crippen LogP contribution < -0.4 is 10.3 Å². The quantitative estimate of drug-likeness (QED) is 0.729. The molecule has 0 fully saturated rings. The van der Waals surface area contributed by atoms with Gasteiger partial charge in [0.2, 0.25) is 0 Å². The first-order chi connectivity index (χ1) is 11.7. The van der Waals surface area contributed by atoms with Crippen molar-refractivity contribution < 1.29 is 14.3 Å². The summed E-state index contributed by atoms with van der Waals surface area (Å²) >= 11 is 0. The summed E-state index contributed by atoms with van der Waals surface area (Å²) in [7, 11) is 0. The van der Waals surface area contributed by atoms with E-state index in [2.05, 4.69) is 9.97 Å². The zero-order valence-electron chi connectivity index (χ0n) is 13.1. The van der Waals surface area contributed by atoms with Gasteiger partial charge in [-0.1, -0.05) is 24.3 Å². The molecule has 0 saturated carbocycles. The van der Waals surface area contributed by atoms with Gasteiger partial charge < -0.3 is 14.5 Å². The van der Waals surface area contributed by atoms with Gasteiger partial charge >= 0.3 is 5.97 Å². The molecular formula is C18H16N2O4. The van der Waals surface area contributed by atoms with Gasteiger partial charge in [-0.2, -0.15) is 0 Å². The van der Waals surface area contributed by atoms with Crippen molar-refractivity contribution in [3.63, 3.8) is 0 Å². The number of fused-ring (bicyclic) bond motifs is 1. The van der Waals surface area contributed by atoms with Crippen LogP contribution in [0.2, 0.25) is 0 Å². The number of aromatic nitrogens is 2. The molecule has 2 aromatic carbocycles. The molecule has 0 spiro atoms. The van der Waals surface area contributed by atoms with Crippen LogP contribution in [0.25, 0.3) is 22.3 Å². The monoisotopic (exact) mass is 324 g/mol. The molecule has 0 aliphatic carbocycles. The standard InChI is InChI=1S/C18H16N2O4/c1-2-23-16(21)11-24-13-7-5-6-12(10-13)17-19-15-9-4-3-8-14(15)18(22)20-17/h3-10H,2,11H2,1H3,(H,19,20,22). The number of esters is 1. The normalized spacial score (nSPS) is 10.5. The summed E-state index contributed by atoms with van der Waals surface area (Å²) < 4.78 is 10.2. The van der Waals surface area contributed by atoms with E-state index in [1.807, 2.05) is 12.1 Å². The van der Waals surface area contributed by atoms with Crippen LogP contribution in [0.1, 0.15) is 6.92 Å². The molecule has 0 radical (unpaired) electrons. The van der Waals surface area contributed by atoms with Crippen LogP contribution >= 0.6 is 0 Å². The molecule has 6 heteroatoms. The molecule has 6 nitrogen and oxygen atoms in total. The predicted octanol–water partition coefficient (Wildman–Crippen LogP) is 2.53. The number of rotatable bonds is 5. The third kappa shape index (κ3) is 3.43. The van der Waals surface area contributed by atoms with Crippen LogP contribution in [0, 0.1) is 0 Å². The molecule has 122 valence electrons. The fraction of sp³-hybridized carbons (Fsp3) is 0.167. The van der Waals surface area contributed by atoms with Crippen molar-refractivity contribution in [2.75, 3.05) is 13.2 Å². The second-order valence-electron chi connectivity index (χ2n) is 5.05. The predicted molar refractivity (Wildman–Crippen MR) is 89.9 cm³/mol. The third-order valence-electron chi connectivity index (χ3n) is 3.38. The molecule has 0 aliphatic heterocycles. The molecule has 3 rings (SSSR count). The van der Waals surface area contributed by atoms with Gasteiger partial charge in [0.15, 0.2) is 6.61 Å². The van der Waals surface area contributed by atoms with Gasteiger partial charge in [0, 0.05) is 5.56 Å². The number of benzene rings is 2. The Balaban J connectivity index is 1.89. The number of carbonyl (C=O) groups is 1. The Hall–Kier alpha value is -3.15. The number of aromatic amines is 1. The SMILES string of the molecule is CCOC(=O)COc1cccc(-c2nc3ccccc3c(=O)[nH]2)c1. The first-order valence-electron chi connectivity index (χ1n) is 7.55. The van der Waals surface area contributed by atoms with Gasteiger partial charge in [-0.3, -0.25) is 4.79 Å². The second-order valence-corrected chi connectivity index (χ2v) is 5.05. The van der Waals surface area contributed by atoms with Crippen molar-refractivity contribution in [1.29, 1.82) is 0 Å². The van der Waals surface area contributed by atoms with E-state index in [4.69, 9.17) is 9.47 Å². The molecule has 0 unspecified atom stereocenters. The summed E-state index contributed by atoms with van der Waals surface area (Å²) in [6, 6.07) is 14.2. The number of H-pyrrole nitrogens is 1. The van der Waals surface area contributed by atoms with Gasteiger partial charge in [-0.05, 0) is 31.2 Å². The van der Waals surface area contributed by atoms with Gasteiger partial charge in [0.1, 0.15) is 11.6 Å². The maximum atomic E-state index is 12.2. The van der Waals surface area contributed by atoms with Gasteiger partial charge in [0.25, 0.3) is 5.56 Å². The Kier molecular flexibility index (Phi) is 4.56. The Bertz CT molecular complexity index is 933. The lowest BCUT2D eigenvalue weighted by molar-refractivity contribution is -0.145. The Morgan fingerprint density at radius 1 is 1.17 bits per heavy atom. The lowest BCUT2D eigenvalue weighted by Crippen LogP contribution is -2.14. The number of nitrogens with one attached hydrogen (secondary N) is 1. The van der Waals surface area contributed by atoms with Crippen molar-refractivity contribution in [2.45, 2.75) is 6.92 Å². The van der Waals surface area contributed by atoms with E-state index >= 15 is 0 Å². The maximum Gasteiger partial charge on any atom is 0.344 e. The molecule has 1 heterocycles. The van der Waals surface area contributed by atoms with Crippen LogP contribution in [0.5, 0.6) is 5.75 Å². The van der Waals surface area contributed by atoms with E-state index in [9.17, 15) is 9.59 Å². The minimum Gasteiger partial charge on any atom is -0.482 e. The van der Waals surface area contributed by atoms with Crippen molar-refractivity contribution in [3.05, 3.63) is 58.9 Å². The highest BCUT2D eigenvalue weighted by molar-refractivity contribution is 5.79. The molecule has 0 atom stereocenters. The zero-order chi connectivity index (χ0) is 16.9. The lowest BCUT2D eigenvalue weighted by Gasteiger charge is -2.08. The van der Waals surface area contributed by atoms with E-state index in [1.54, 1.807) is 43.3 Å². The number of nitrogens with zero attached hydrogens (tertiary/aromatic N) is 1. The van der Waals surface area contributed by atoms with Crippen molar-refractivity contribution in [1.82, 2.24) is 9.97 Å². The van der Waals surface area contributed by atoms with E-state index in [-0.39, 0.29) is 12.2 Å². The topological polar surface area (TPSA) is 81.3 Å². The van der Waals surface area contributed by atoms with Gasteiger partial charge in [0.05, 0.1) is 17.5 Å². The first kappa shape index (κ1) is 15.7. The molecule has 0 amide bonds. The zero-order valence-corrected chi connectivity index (χ0v) is 13.1. The molecule has 24 heavy (non-hydrogen) atoms. The fourth-order valence-electron chi connectivity index (χ4n) is 2.30. The Labute approximate surface area is 138 Å². The van der Waals surface area contributed by atoms with Crippen LogP contribution in [-0.2, 0) is 9.53 Å². The van der Waals surface area contributed by atoms with E-state index < -0.39 is 5.97 Å². The summed E-state index contributed by atoms with van der Waals surface area (Å²) in [4.78, 5) is 30.7. The van der Waals surface area contributed by atoms with Crippen LogP contribution in [0.15, 0.2) is 53.3 Å². The summed E-state index contributed by atoms with van der Waals surface area (Å²) in [5.41, 5.74) is 1.11. The van der Waals surface area contributed by atoms with Crippen LogP contribution in [0.4, 0.5) is 0 Å². The molecule has 1 aromatic heterocycles. The average molecular weight is 324 g/mol. The molecule has 0 bridgehead atoms. The first-order valence-corrected chi connectivity index (χ1v) is 7.55. The summed E-state index contributed by atoms with van der Waals surface area (Å²) in [6.07, 6.45) is 0. The summed E-state index contributed by atoms with van der Waals surface area (Å²) in [6.45, 7) is 1.88. The average Bonchev–Trinajstić information content (AvgIpc) is 2.60. The lowest BCUT2D eigenvalue weighted by atomic mass is 10.2. The second kappa shape index (κ2) is 6.95. The smallest absolute Gasteiger partial charge is 0.344 e. The molecule has 0 saturated heterocycles. The van der Waals surface area contributed by atoms with Gasteiger partial charge in [-0.15, -0.1) is 0 Å². The number of hydrogen-bond donors (Lipinski definition) is 1. The van der Waals surface area contributed by atoms with Crippen molar-refractivity contribution in [2.24, 2.45) is 0 Å². The molecule has 3 aromatic rings. The largest absolute Gasteiger partial charge is 0.482 e. The highest BCUT2D eigenvalue weighted by Crippen LogP contribution is 2.21. The number of hydrogen-bond acceptors (Lipinski definition) is 5. The van der Waals surface area contributed by atoms with Crippen LogP contribution in [-0.4, -0.2) is 29.2 Å². The molecule has 0 aliphatic rings. The molecule has 1 N–H and O–H groups in total. The van der Waals surface area contributed by atoms with E-state index in [0.29, 0.717) is 34.6 Å². The fourth-order valence-corrected chi connectivity index (χ4v) is 2.30. The highest BCUT2D eigenvalue weighted by Gasteiger charge is 2.08. The van der Waals surface area contributed by atoms with Crippen molar-refractivity contribution in [3.8, 4) is 17.1 Å². The minimum absolute atomic E-state index is 0.168. The minimum atomic E-state index is -0.430. The molecular weight excluding hydrogens is 308 g/mol. The summed E-state index contributed by atoms with van der Waals surface area (Å²) in [5.74, 6) is 0.511. The maximum absolute atomic E-state index is 12.2. The Morgan fingerprint density at radius 2 is 2.00 bits per heavy atom. The number of ether oxygens (including phenoxy) is 2. The highest BCUT2D eigenvalue weighted by atomic mass is 16.6. The number of para-hydroxylation sites is 1.